The lowest BCUT2D eigenvalue weighted by molar-refractivity contribution is 0.0600. The first-order valence-electron chi connectivity index (χ1n) is 9.10. The number of aryl methyl sites for hydroxylation is 1. The molecule has 0 fully saturated rings. The first-order valence-corrected chi connectivity index (χ1v) is 9.48. The Labute approximate surface area is 177 Å². The second-order valence-corrected chi connectivity index (χ2v) is 6.85. The Kier molecular flexibility index (Phi) is 5.54. The van der Waals surface area contributed by atoms with Gasteiger partial charge in [0.1, 0.15) is 29.0 Å². The molecule has 4 rings (SSSR count). The second kappa shape index (κ2) is 8.42. The van der Waals surface area contributed by atoms with Gasteiger partial charge >= 0.3 is 5.97 Å². The van der Waals surface area contributed by atoms with E-state index in [0.717, 1.165) is 16.9 Å². The number of methoxy groups -OCH3 is 1. The van der Waals surface area contributed by atoms with Gasteiger partial charge in [0.2, 0.25) is 5.88 Å². The second-order valence-electron chi connectivity index (χ2n) is 6.44. The van der Waals surface area contributed by atoms with Gasteiger partial charge in [-0.1, -0.05) is 17.7 Å². The monoisotopic (exact) mass is 423 g/mol. The number of carbonyl (C=O) groups is 1. The molecular formula is C22H18ClN3O4. The molecule has 7 nitrogen and oxygen atoms in total. The summed E-state index contributed by atoms with van der Waals surface area (Å²) in [6, 6.07) is 15.8. The fraction of sp³-hybridized carbons (Fsp3) is 0.136. The minimum Gasteiger partial charge on any atom is -0.486 e. The van der Waals surface area contributed by atoms with Gasteiger partial charge in [0.15, 0.2) is 0 Å². The van der Waals surface area contributed by atoms with E-state index in [1.165, 1.54) is 7.11 Å². The van der Waals surface area contributed by atoms with Gasteiger partial charge in [-0.3, -0.25) is 0 Å². The van der Waals surface area contributed by atoms with Gasteiger partial charge in [-0.25, -0.2) is 14.8 Å². The van der Waals surface area contributed by atoms with Crippen molar-refractivity contribution in [2.24, 2.45) is 7.05 Å². The molecule has 8 heteroatoms. The lowest BCUT2D eigenvalue weighted by atomic mass is 10.2. The molecule has 2 heterocycles. The van der Waals surface area contributed by atoms with Gasteiger partial charge in [-0.15, -0.1) is 0 Å². The van der Waals surface area contributed by atoms with Crippen LogP contribution in [-0.4, -0.2) is 27.6 Å². The van der Waals surface area contributed by atoms with Gasteiger partial charge < -0.3 is 18.8 Å². The summed E-state index contributed by atoms with van der Waals surface area (Å²) in [5.41, 5.74) is 2.11. The maximum absolute atomic E-state index is 11.7. The van der Waals surface area contributed by atoms with E-state index in [-0.39, 0.29) is 6.61 Å². The predicted octanol–water partition coefficient (Wildman–Crippen LogP) is 4.78. The lowest BCUT2D eigenvalue weighted by Crippen LogP contribution is -2.05. The number of hydrogen-bond acceptors (Lipinski definition) is 6. The third kappa shape index (κ3) is 4.06. The topological polar surface area (TPSA) is 75.5 Å². The normalized spacial score (nSPS) is 10.8. The number of rotatable bonds is 6. The van der Waals surface area contributed by atoms with Crippen LogP contribution in [0.5, 0.6) is 17.4 Å². The van der Waals surface area contributed by atoms with Crippen molar-refractivity contribution in [2.45, 2.75) is 6.61 Å². The molecule has 0 aliphatic carbocycles. The number of carbonyl (C=O) groups excluding carboxylic acids is 1. The summed E-state index contributed by atoms with van der Waals surface area (Å²) in [5.74, 6) is 1.81. The average Bonchev–Trinajstić information content (AvgIpc) is 3.08. The number of fused-ring (bicyclic) bond motifs is 1. The third-order valence-electron chi connectivity index (χ3n) is 4.51. The van der Waals surface area contributed by atoms with E-state index < -0.39 is 5.97 Å². The van der Waals surface area contributed by atoms with Crippen molar-refractivity contribution < 1.29 is 19.0 Å². The maximum atomic E-state index is 11.7. The molecule has 2 aromatic heterocycles. The van der Waals surface area contributed by atoms with E-state index in [0.29, 0.717) is 28.0 Å². The molecule has 0 amide bonds. The summed E-state index contributed by atoms with van der Waals surface area (Å²) in [7, 11) is 3.24. The highest BCUT2D eigenvalue weighted by Crippen LogP contribution is 2.29. The highest BCUT2D eigenvalue weighted by molar-refractivity contribution is 6.31. The molecule has 0 atom stereocenters. The molecule has 0 spiro atoms. The van der Waals surface area contributed by atoms with Gasteiger partial charge in [0, 0.05) is 19.3 Å². The number of imidazole rings is 1. The quantitative estimate of drug-likeness (QED) is 0.415. The fourth-order valence-electron chi connectivity index (χ4n) is 2.95. The zero-order valence-electron chi connectivity index (χ0n) is 16.3. The van der Waals surface area contributed by atoms with Crippen molar-refractivity contribution in [3.63, 3.8) is 0 Å². The van der Waals surface area contributed by atoms with Crippen LogP contribution in [0, 0.1) is 0 Å². The van der Waals surface area contributed by atoms with Crippen LogP contribution in [0.3, 0.4) is 0 Å². The molecule has 30 heavy (non-hydrogen) atoms. The van der Waals surface area contributed by atoms with Crippen LogP contribution in [0.2, 0.25) is 5.02 Å². The van der Waals surface area contributed by atoms with E-state index in [4.69, 9.17) is 25.8 Å². The minimum atomic E-state index is -0.413. The number of ether oxygens (including phenoxy) is 3. The molecular weight excluding hydrogens is 406 g/mol. The van der Waals surface area contributed by atoms with Crippen molar-refractivity contribution in [3.8, 4) is 17.4 Å². The first-order chi connectivity index (χ1) is 14.5. The van der Waals surface area contributed by atoms with Crippen LogP contribution in [0.1, 0.15) is 16.2 Å². The molecule has 2 aromatic carbocycles. The Balaban J connectivity index is 1.54. The van der Waals surface area contributed by atoms with Crippen molar-refractivity contribution in [1.29, 1.82) is 0 Å². The molecule has 0 aliphatic heterocycles. The Bertz CT molecular complexity index is 1220. The summed E-state index contributed by atoms with van der Waals surface area (Å²) in [5, 5.41) is 0.436. The Morgan fingerprint density at radius 3 is 2.77 bits per heavy atom. The lowest BCUT2D eigenvalue weighted by Gasteiger charge is -2.08. The van der Waals surface area contributed by atoms with Crippen LogP contribution in [0.15, 0.2) is 60.8 Å². The van der Waals surface area contributed by atoms with Gasteiger partial charge in [0.25, 0.3) is 0 Å². The van der Waals surface area contributed by atoms with Crippen molar-refractivity contribution >= 4 is 28.6 Å². The summed E-state index contributed by atoms with van der Waals surface area (Å²) >= 11 is 6.12. The first kappa shape index (κ1) is 19.7. The van der Waals surface area contributed by atoms with Crippen LogP contribution < -0.4 is 9.47 Å². The third-order valence-corrected chi connectivity index (χ3v) is 4.79. The number of benzene rings is 2. The highest BCUT2D eigenvalue weighted by Gasteiger charge is 2.12. The van der Waals surface area contributed by atoms with Crippen molar-refractivity contribution in [3.05, 3.63) is 77.2 Å². The molecule has 152 valence electrons. The zero-order chi connectivity index (χ0) is 21.1. The molecule has 0 aliphatic rings. The Hall–Kier alpha value is -3.58. The summed E-state index contributed by atoms with van der Waals surface area (Å²) in [6.45, 7) is 0.234. The molecule has 0 saturated carbocycles. The van der Waals surface area contributed by atoms with Crippen molar-refractivity contribution in [1.82, 2.24) is 14.5 Å². The molecule has 0 saturated heterocycles. The highest BCUT2D eigenvalue weighted by atomic mass is 35.5. The predicted molar refractivity (Wildman–Crippen MR) is 112 cm³/mol. The number of nitrogens with zero attached hydrogens (tertiary/aromatic N) is 3. The molecule has 0 N–H and O–H groups in total. The Morgan fingerprint density at radius 2 is 1.97 bits per heavy atom. The van der Waals surface area contributed by atoms with Crippen LogP contribution in [-0.2, 0) is 18.4 Å². The van der Waals surface area contributed by atoms with E-state index in [1.54, 1.807) is 42.6 Å². The zero-order valence-corrected chi connectivity index (χ0v) is 17.1. The number of aromatic nitrogens is 3. The largest absolute Gasteiger partial charge is 0.486 e. The number of esters is 1. The van der Waals surface area contributed by atoms with E-state index >= 15 is 0 Å². The van der Waals surface area contributed by atoms with Crippen LogP contribution >= 0.6 is 11.6 Å². The van der Waals surface area contributed by atoms with Crippen LogP contribution in [0.25, 0.3) is 11.0 Å². The van der Waals surface area contributed by atoms with Crippen LogP contribution in [0.4, 0.5) is 0 Å². The van der Waals surface area contributed by atoms with E-state index in [2.05, 4.69) is 9.97 Å². The molecule has 0 radical (unpaired) electrons. The molecule has 0 unspecified atom stereocenters. The van der Waals surface area contributed by atoms with Gasteiger partial charge in [-0.2, -0.15) is 0 Å². The SMILES string of the molecule is COC(=O)c1cccc(OCc2nc3ccc(Oc4ncccc4Cl)cc3n2C)c1. The number of hydrogen-bond donors (Lipinski definition) is 0. The summed E-state index contributed by atoms with van der Waals surface area (Å²) in [6.07, 6.45) is 1.62. The summed E-state index contributed by atoms with van der Waals surface area (Å²) in [4.78, 5) is 20.4. The van der Waals surface area contributed by atoms with E-state index in [9.17, 15) is 4.79 Å². The van der Waals surface area contributed by atoms with Gasteiger partial charge in [0.05, 0.1) is 23.7 Å². The standard InChI is InChI=1S/C22H18ClN3O4/c1-26-19-12-16(30-21-17(23)7-4-10-24-21)8-9-18(19)25-20(26)13-29-15-6-3-5-14(11-15)22(27)28-2/h3-12H,13H2,1-2H3. The van der Waals surface area contributed by atoms with Gasteiger partial charge in [-0.05, 0) is 42.5 Å². The summed E-state index contributed by atoms with van der Waals surface area (Å²) < 4.78 is 18.3. The number of halogens is 1. The maximum Gasteiger partial charge on any atom is 0.337 e. The minimum absolute atomic E-state index is 0.234. The van der Waals surface area contributed by atoms with Crippen molar-refractivity contribution in [2.75, 3.05) is 7.11 Å². The fourth-order valence-corrected chi connectivity index (χ4v) is 3.11. The smallest absolute Gasteiger partial charge is 0.337 e. The number of pyridine rings is 1. The average molecular weight is 424 g/mol. The molecule has 4 aromatic rings. The molecule has 0 bridgehead atoms. The Morgan fingerprint density at radius 1 is 1.10 bits per heavy atom. The van der Waals surface area contributed by atoms with E-state index in [1.807, 2.05) is 29.8 Å².